The SMILES string of the molecule is CCNC(=NCc1c(C)nn(CCOC)c1C)NCCc1ccc(C(F)(F)F)cc1.I. The van der Waals surface area contributed by atoms with Gasteiger partial charge in [0.05, 0.1) is 31.0 Å². The summed E-state index contributed by atoms with van der Waals surface area (Å²) >= 11 is 0. The van der Waals surface area contributed by atoms with Gasteiger partial charge in [-0.1, -0.05) is 12.1 Å². The topological polar surface area (TPSA) is 63.5 Å². The summed E-state index contributed by atoms with van der Waals surface area (Å²) in [4.78, 5) is 4.64. The van der Waals surface area contributed by atoms with Gasteiger partial charge in [0, 0.05) is 31.5 Å². The Morgan fingerprint density at radius 3 is 2.42 bits per heavy atom. The number of aromatic nitrogens is 2. The third-order valence-electron chi connectivity index (χ3n) is 4.77. The molecule has 0 unspecified atom stereocenters. The quantitative estimate of drug-likeness (QED) is 0.279. The Bertz CT molecular complexity index is 835. The van der Waals surface area contributed by atoms with Crippen molar-refractivity contribution in [3.05, 3.63) is 52.3 Å². The number of nitrogens with one attached hydrogen (secondary N) is 2. The number of aryl methyl sites for hydroxylation is 1. The summed E-state index contributed by atoms with van der Waals surface area (Å²) in [5.41, 5.74) is 3.27. The van der Waals surface area contributed by atoms with Crippen LogP contribution in [0.1, 0.15) is 35.0 Å². The Balaban J connectivity index is 0.00000480. The van der Waals surface area contributed by atoms with Gasteiger partial charge in [-0.2, -0.15) is 18.3 Å². The van der Waals surface area contributed by atoms with E-state index in [0.29, 0.717) is 45.2 Å². The van der Waals surface area contributed by atoms with Crippen molar-refractivity contribution in [2.45, 2.75) is 46.5 Å². The maximum atomic E-state index is 12.7. The zero-order chi connectivity index (χ0) is 22.1. The molecule has 1 aromatic carbocycles. The fraction of sp³-hybridized carbons (Fsp3) is 0.524. The predicted octanol–water partition coefficient (Wildman–Crippen LogP) is 4.08. The molecule has 174 valence electrons. The maximum absolute atomic E-state index is 12.7. The molecule has 0 saturated carbocycles. The summed E-state index contributed by atoms with van der Waals surface area (Å²) < 4.78 is 45.0. The minimum atomic E-state index is -4.31. The molecule has 31 heavy (non-hydrogen) atoms. The molecule has 0 fully saturated rings. The molecule has 1 heterocycles. The molecule has 1 aromatic heterocycles. The molecule has 2 aromatic rings. The molecule has 0 radical (unpaired) electrons. The zero-order valence-electron chi connectivity index (χ0n) is 18.3. The van der Waals surface area contributed by atoms with E-state index in [-0.39, 0.29) is 24.0 Å². The Hall–Kier alpha value is -1.82. The number of ether oxygens (including phenoxy) is 1. The average molecular weight is 553 g/mol. The number of benzene rings is 1. The van der Waals surface area contributed by atoms with Gasteiger partial charge >= 0.3 is 6.18 Å². The number of rotatable bonds is 9. The van der Waals surface area contributed by atoms with Crippen LogP contribution in [0, 0.1) is 13.8 Å². The second-order valence-electron chi connectivity index (χ2n) is 6.93. The lowest BCUT2D eigenvalue weighted by atomic mass is 10.1. The van der Waals surface area contributed by atoms with Crippen molar-refractivity contribution in [2.75, 3.05) is 26.8 Å². The summed E-state index contributed by atoms with van der Waals surface area (Å²) in [5, 5.41) is 11.0. The molecular formula is C21H31F3IN5O. The Labute approximate surface area is 198 Å². The van der Waals surface area contributed by atoms with Crippen LogP contribution < -0.4 is 10.6 Å². The van der Waals surface area contributed by atoms with Crippen LogP contribution in [-0.4, -0.2) is 42.5 Å². The van der Waals surface area contributed by atoms with Gasteiger partial charge in [-0.05, 0) is 44.9 Å². The van der Waals surface area contributed by atoms with Gasteiger partial charge in [0.2, 0.25) is 0 Å². The molecule has 0 spiro atoms. The number of methoxy groups -OCH3 is 1. The minimum Gasteiger partial charge on any atom is -0.383 e. The monoisotopic (exact) mass is 553 g/mol. The smallest absolute Gasteiger partial charge is 0.383 e. The lowest BCUT2D eigenvalue weighted by molar-refractivity contribution is -0.137. The van der Waals surface area contributed by atoms with E-state index in [4.69, 9.17) is 4.74 Å². The van der Waals surface area contributed by atoms with Gasteiger partial charge in [-0.15, -0.1) is 24.0 Å². The van der Waals surface area contributed by atoms with Crippen LogP contribution >= 0.6 is 24.0 Å². The first-order valence-electron chi connectivity index (χ1n) is 9.96. The first-order valence-corrected chi connectivity index (χ1v) is 9.96. The van der Waals surface area contributed by atoms with E-state index in [0.717, 1.165) is 34.6 Å². The van der Waals surface area contributed by atoms with E-state index in [1.807, 2.05) is 25.5 Å². The highest BCUT2D eigenvalue weighted by molar-refractivity contribution is 14.0. The van der Waals surface area contributed by atoms with Gasteiger partial charge in [0.15, 0.2) is 5.96 Å². The number of hydrogen-bond acceptors (Lipinski definition) is 3. The van der Waals surface area contributed by atoms with E-state index in [2.05, 4.69) is 20.7 Å². The average Bonchev–Trinajstić information content (AvgIpc) is 2.97. The van der Waals surface area contributed by atoms with Gasteiger partial charge in [0.25, 0.3) is 0 Å². The van der Waals surface area contributed by atoms with Gasteiger partial charge < -0.3 is 15.4 Å². The number of aliphatic imine (C=N–C) groups is 1. The van der Waals surface area contributed by atoms with Crippen molar-refractivity contribution in [3.63, 3.8) is 0 Å². The normalized spacial score (nSPS) is 11.9. The lowest BCUT2D eigenvalue weighted by Gasteiger charge is -2.12. The van der Waals surface area contributed by atoms with Crippen molar-refractivity contribution < 1.29 is 17.9 Å². The number of halogens is 4. The second kappa shape index (κ2) is 12.9. The molecule has 6 nitrogen and oxygen atoms in total. The first-order chi connectivity index (χ1) is 14.3. The lowest BCUT2D eigenvalue weighted by Crippen LogP contribution is -2.38. The highest BCUT2D eigenvalue weighted by Gasteiger charge is 2.29. The van der Waals surface area contributed by atoms with Crippen LogP contribution in [0.25, 0.3) is 0 Å². The van der Waals surface area contributed by atoms with Crippen molar-refractivity contribution >= 4 is 29.9 Å². The number of nitrogens with zero attached hydrogens (tertiary/aromatic N) is 3. The van der Waals surface area contributed by atoms with Gasteiger partial charge in [0.1, 0.15) is 0 Å². The number of guanidine groups is 1. The molecule has 0 saturated heterocycles. The fourth-order valence-electron chi connectivity index (χ4n) is 3.04. The second-order valence-corrected chi connectivity index (χ2v) is 6.93. The summed E-state index contributed by atoms with van der Waals surface area (Å²) in [5.74, 6) is 0.660. The highest BCUT2D eigenvalue weighted by Crippen LogP contribution is 2.29. The summed E-state index contributed by atoms with van der Waals surface area (Å²) in [6.07, 6.45) is -3.72. The molecule has 10 heteroatoms. The van der Waals surface area contributed by atoms with Crippen LogP contribution in [0.5, 0.6) is 0 Å². The molecule has 2 N–H and O–H groups in total. The van der Waals surface area contributed by atoms with Crippen molar-refractivity contribution in [3.8, 4) is 0 Å². The van der Waals surface area contributed by atoms with Crippen molar-refractivity contribution in [1.29, 1.82) is 0 Å². The van der Waals surface area contributed by atoms with Crippen LogP contribution in [0.2, 0.25) is 0 Å². The summed E-state index contributed by atoms with van der Waals surface area (Å²) in [6.45, 7) is 9.00. The molecule has 0 aliphatic heterocycles. The Morgan fingerprint density at radius 1 is 1.16 bits per heavy atom. The first kappa shape index (κ1) is 27.2. The van der Waals surface area contributed by atoms with E-state index >= 15 is 0 Å². The largest absolute Gasteiger partial charge is 0.416 e. The summed E-state index contributed by atoms with van der Waals surface area (Å²) in [7, 11) is 1.66. The van der Waals surface area contributed by atoms with Crippen LogP contribution in [-0.2, 0) is 30.4 Å². The standard InChI is InChI=1S/C21H30F3N5O.HI/c1-5-25-20(26-11-10-17-6-8-18(9-7-17)21(22,23)24)27-14-19-15(2)28-29(16(19)3)12-13-30-4;/h6-9H,5,10-14H2,1-4H3,(H2,25,26,27);1H. The molecule has 0 amide bonds. The Kier molecular flexibility index (Phi) is 11.3. The molecular weight excluding hydrogens is 522 g/mol. The molecule has 0 bridgehead atoms. The van der Waals surface area contributed by atoms with E-state index in [1.165, 1.54) is 12.1 Å². The van der Waals surface area contributed by atoms with Crippen LogP contribution in [0.4, 0.5) is 13.2 Å². The van der Waals surface area contributed by atoms with E-state index in [9.17, 15) is 13.2 Å². The zero-order valence-corrected chi connectivity index (χ0v) is 20.7. The van der Waals surface area contributed by atoms with Crippen LogP contribution in [0.3, 0.4) is 0 Å². The van der Waals surface area contributed by atoms with E-state index in [1.54, 1.807) is 7.11 Å². The third-order valence-corrected chi connectivity index (χ3v) is 4.77. The number of hydrogen-bond donors (Lipinski definition) is 2. The molecule has 0 atom stereocenters. The number of alkyl halides is 3. The molecule has 0 aliphatic rings. The summed E-state index contributed by atoms with van der Waals surface area (Å²) in [6, 6.07) is 5.24. The highest BCUT2D eigenvalue weighted by atomic mass is 127. The molecule has 0 aliphatic carbocycles. The fourth-order valence-corrected chi connectivity index (χ4v) is 3.04. The Morgan fingerprint density at radius 2 is 1.84 bits per heavy atom. The minimum absolute atomic E-state index is 0. The van der Waals surface area contributed by atoms with E-state index < -0.39 is 11.7 Å². The third kappa shape index (κ3) is 8.32. The molecule has 2 rings (SSSR count). The van der Waals surface area contributed by atoms with Crippen molar-refractivity contribution in [2.24, 2.45) is 4.99 Å². The van der Waals surface area contributed by atoms with Gasteiger partial charge in [-0.25, -0.2) is 4.99 Å². The maximum Gasteiger partial charge on any atom is 0.416 e. The van der Waals surface area contributed by atoms with Crippen LogP contribution in [0.15, 0.2) is 29.3 Å². The van der Waals surface area contributed by atoms with Crippen molar-refractivity contribution in [1.82, 2.24) is 20.4 Å². The van der Waals surface area contributed by atoms with Gasteiger partial charge in [-0.3, -0.25) is 4.68 Å². The predicted molar refractivity (Wildman–Crippen MR) is 127 cm³/mol.